The molecule has 3 heterocycles. The van der Waals surface area contributed by atoms with Crippen LogP contribution in [0.25, 0.3) is 10.6 Å². The summed E-state index contributed by atoms with van der Waals surface area (Å²) in [6, 6.07) is 3.97. The van der Waals surface area contributed by atoms with Gasteiger partial charge in [0.1, 0.15) is 5.01 Å². The fourth-order valence-electron chi connectivity index (χ4n) is 2.77. The van der Waals surface area contributed by atoms with Crippen LogP contribution in [0.15, 0.2) is 24.5 Å². The average Bonchev–Trinajstić information content (AvgIpc) is 2.94. The quantitative estimate of drug-likeness (QED) is 0.760. The molecule has 1 fully saturated rings. The highest BCUT2D eigenvalue weighted by molar-refractivity contribution is 7.15. The molecular formula is C17H23N3OS. The van der Waals surface area contributed by atoms with E-state index in [9.17, 15) is 0 Å². The molecule has 2 aromatic heterocycles. The normalized spacial score (nSPS) is 15.9. The lowest BCUT2D eigenvalue weighted by Crippen LogP contribution is -2.31. The number of pyridine rings is 1. The summed E-state index contributed by atoms with van der Waals surface area (Å²) in [5.74, 6) is 0.787. The molecule has 0 aromatic carbocycles. The molecular weight excluding hydrogens is 294 g/mol. The number of piperidine rings is 1. The van der Waals surface area contributed by atoms with Gasteiger partial charge in [0, 0.05) is 24.5 Å². The van der Waals surface area contributed by atoms with E-state index in [-0.39, 0.29) is 0 Å². The molecule has 1 aliphatic heterocycles. The monoisotopic (exact) mass is 317 g/mol. The third-order valence-corrected chi connectivity index (χ3v) is 4.99. The SMILES string of the molecule is Cc1sc(-c2ccncc2)nc1OCCCN1CCCCC1. The summed E-state index contributed by atoms with van der Waals surface area (Å²) in [4.78, 5) is 12.4. The molecule has 0 amide bonds. The second-order valence-corrected chi connectivity index (χ2v) is 6.92. The zero-order chi connectivity index (χ0) is 15.2. The zero-order valence-corrected chi connectivity index (χ0v) is 13.9. The second kappa shape index (κ2) is 7.70. The van der Waals surface area contributed by atoms with Gasteiger partial charge in [-0.25, -0.2) is 4.98 Å². The van der Waals surface area contributed by atoms with Gasteiger partial charge >= 0.3 is 0 Å². The summed E-state index contributed by atoms with van der Waals surface area (Å²) >= 11 is 1.68. The first-order valence-corrected chi connectivity index (χ1v) is 8.87. The molecule has 2 aromatic rings. The van der Waals surface area contributed by atoms with Crippen molar-refractivity contribution in [3.8, 4) is 16.5 Å². The lowest BCUT2D eigenvalue weighted by Gasteiger charge is -2.26. The van der Waals surface area contributed by atoms with E-state index in [2.05, 4.69) is 21.8 Å². The number of rotatable bonds is 6. The maximum absolute atomic E-state index is 5.89. The largest absolute Gasteiger partial charge is 0.477 e. The van der Waals surface area contributed by atoms with Crippen LogP contribution in [0.2, 0.25) is 0 Å². The van der Waals surface area contributed by atoms with Crippen LogP contribution in [0.5, 0.6) is 5.88 Å². The van der Waals surface area contributed by atoms with E-state index >= 15 is 0 Å². The van der Waals surface area contributed by atoms with Crippen molar-refractivity contribution >= 4 is 11.3 Å². The Morgan fingerprint density at radius 1 is 1.18 bits per heavy atom. The van der Waals surface area contributed by atoms with E-state index < -0.39 is 0 Å². The number of aromatic nitrogens is 2. The second-order valence-electron chi connectivity index (χ2n) is 5.72. The molecule has 5 heteroatoms. The van der Waals surface area contributed by atoms with Crippen molar-refractivity contribution in [1.29, 1.82) is 0 Å². The van der Waals surface area contributed by atoms with E-state index in [1.807, 2.05) is 12.1 Å². The molecule has 0 spiro atoms. The molecule has 22 heavy (non-hydrogen) atoms. The maximum Gasteiger partial charge on any atom is 0.227 e. The first-order chi connectivity index (χ1) is 10.8. The zero-order valence-electron chi connectivity index (χ0n) is 13.1. The van der Waals surface area contributed by atoms with Crippen LogP contribution in [0, 0.1) is 6.92 Å². The lowest BCUT2D eigenvalue weighted by molar-refractivity contribution is 0.203. The predicted octanol–water partition coefficient (Wildman–Crippen LogP) is 3.77. The van der Waals surface area contributed by atoms with Crippen LogP contribution in [-0.4, -0.2) is 41.1 Å². The van der Waals surface area contributed by atoms with Gasteiger partial charge in [-0.15, -0.1) is 11.3 Å². The van der Waals surface area contributed by atoms with Crippen molar-refractivity contribution in [1.82, 2.24) is 14.9 Å². The van der Waals surface area contributed by atoms with Gasteiger partial charge in [-0.3, -0.25) is 4.98 Å². The van der Waals surface area contributed by atoms with Crippen molar-refractivity contribution < 1.29 is 4.74 Å². The van der Waals surface area contributed by atoms with Crippen LogP contribution in [0.4, 0.5) is 0 Å². The van der Waals surface area contributed by atoms with Crippen LogP contribution in [0.3, 0.4) is 0 Å². The standard InChI is InChI=1S/C17H23N3OS/c1-14-16(19-17(22-14)15-6-8-18-9-7-15)21-13-5-12-20-10-3-2-4-11-20/h6-9H,2-5,10-13H2,1H3. The number of hydrogen-bond acceptors (Lipinski definition) is 5. The van der Waals surface area contributed by atoms with Gasteiger partial charge in [-0.05, 0) is 51.4 Å². The number of likely N-dealkylation sites (tertiary alicyclic amines) is 1. The van der Waals surface area contributed by atoms with Crippen LogP contribution >= 0.6 is 11.3 Å². The van der Waals surface area contributed by atoms with Gasteiger partial charge in [-0.1, -0.05) is 6.42 Å². The molecule has 1 aliphatic rings. The van der Waals surface area contributed by atoms with Gasteiger partial charge in [0.25, 0.3) is 0 Å². The van der Waals surface area contributed by atoms with E-state index in [0.717, 1.165) is 40.9 Å². The summed E-state index contributed by atoms with van der Waals surface area (Å²) in [5.41, 5.74) is 1.10. The summed E-state index contributed by atoms with van der Waals surface area (Å²) in [6.07, 6.45) is 8.75. The molecule has 0 bridgehead atoms. The Morgan fingerprint density at radius 2 is 1.95 bits per heavy atom. The number of aryl methyl sites for hydroxylation is 1. The Hall–Kier alpha value is -1.46. The molecule has 1 saturated heterocycles. The first-order valence-electron chi connectivity index (χ1n) is 8.06. The minimum Gasteiger partial charge on any atom is -0.477 e. The van der Waals surface area contributed by atoms with E-state index in [1.54, 1.807) is 23.7 Å². The minimum absolute atomic E-state index is 0.747. The van der Waals surface area contributed by atoms with Crippen molar-refractivity contribution in [2.24, 2.45) is 0 Å². The van der Waals surface area contributed by atoms with Crippen LogP contribution in [-0.2, 0) is 0 Å². The van der Waals surface area contributed by atoms with Crippen LogP contribution in [0.1, 0.15) is 30.6 Å². The van der Waals surface area contributed by atoms with Gasteiger partial charge in [0.05, 0.1) is 11.5 Å². The molecule has 0 aliphatic carbocycles. The fourth-order valence-corrected chi connectivity index (χ4v) is 3.64. The Morgan fingerprint density at radius 3 is 2.73 bits per heavy atom. The lowest BCUT2D eigenvalue weighted by atomic mass is 10.1. The molecule has 4 nitrogen and oxygen atoms in total. The Labute approximate surface area is 136 Å². The van der Waals surface area contributed by atoms with Gasteiger partial charge in [0.2, 0.25) is 5.88 Å². The molecule has 0 unspecified atom stereocenters. The smallest absolute Gasteiger partial charge is 0.227 e. The van der Waals surface area contributed by atoms with Crippen LogP contribution < -0.4 is 4.74 Å². The van der Waals surface area contributed by atoms with E-state index in [1.165, 1.54) is 32.4 Å². The van der Waals surface area contributed by atoms with E-state index in [0.29, 0.717) is 0 Å². The van der Waals surface area contributed by atoms with Crippen molar-refractivity contribution in [2.75, 3.05) is 26.2 Å². The summed E-state index contributed by atoms with van der Waals surface area (Å²) in [7, 11) is 0. The predicted molar refractivity (Wildman–Crippen MR) is 90.5 cm³/mol. The maximum atomic E-state index is 5.89. The average molecular weight is 317 g/mol. The number of thiazole rings is 1. The third-order valence-electron chi connectivity index (χ3n) is 3.99. The van der Waals surface area contributed by atoms with Crippen molar-refractivity contribution in [3.63, 3.8) is 0 Å². The minimum atomic E-state index is 0.747. The Balaban J connectivity index is 1.49. The van der Waals surface area contributed by atoms with Crippen molar-refractivity contribution in [3.05, 3.63) is 29.4 Å². The molecule has 3 rings (SSSR count). The van der Waals surface area contributed by atoms with E-state index in [4.69, 9.17) is 4.74 Å². The first kappa shape index (κ1) is 15.4. The molecule has 0 saturated carbocycles. The van der Waals surface area contributed by atoms with Gasteiger partial charge < -0.3 is 9.64 Å². The fraction of sp³-hybridized carbons (Fsp3) is 0.529. The number of ether oxygens (including phenoxy) is 1. The highest BCUT2D eigenvalue weighted by Crippen LogP contribution is 2.31. The van der Waals surface area contributed by atoms with Gasteiger partial charge in [0.15, 0.2) is 0 Å². The van der Waals surface area contributed by atoms with Crippen molar-refractivity contribution in [2.45, 2.75) is 32.6 Å². The summed E-state index contributed by atoms with van der Waals surface area (Å²) < 4.78 is 5.89. The molecule has 118 valence electrons. The highest BCUT2D eigenvalue weighted by atomic mass is 32.1. The molecule has 0 atom stereocenters. The summed E-state index contributed by atoms with van der Waals surface area (Å²) in [5, 5.41) is 1.01. The Kier molecular flexibility index (Phi) is 5.40. The summed E-state index contributed by atoms with van der Waals surface area (Å²) in [6.45, 7) is 6.46. The van der Waals surface area contributed by atoms with Gasteiger partial charge in [-0.2, -0.15) is 0 Å². The Bertz CT molecular complexity index is 579. The third kappa shape index (κ3) is 4.05. The topological polar surface area (TPSA) is 38.3 Å². The molecule has 0 radical (unpaired) electrons. The number of nitrogens with zero attached hydrogens (tertiary/aromatic N) is 3. The molecule has 0 N–H and O–H groups in total. The highest BCUT2D eigenvalue weighted by Gasteiger charge is 2.12. The number of hydrogen-bond donors (Lipinski definition) is 0.